The molecule has 0 atom stereocenters. The predicted octanol–water partition coefficient (Wildman–Crippen LogP) is 1.80. The molecular weight excluding hydrogens is 352 g/mol. The molecule has 8 heteroatoms. The Hall–Kier alpha value is -2.87. The number of imide groups is 1. The third-order valence-electron chi connectivity index (χ3n) is 3.90. The number of thioether (sulfide) groups is 1. The van der Waals surface area contributed by atoms with Gasteiger partial charge in [-0.05, 0) is 31.2 Å². The third kappa shape index (κ3) is 3.55. The van der Waals surface area contributed by atoms with Crippen LogP contribution in [0.15, 0.2) is 52.5 Å². The summed E-state index contributed by atoms with van der Waals surface area (Å²) >= 11 is 1.13. The lowest BCUT2D eigenvalue weighted by Crippen LogP contribution is -2.33. The van der Waals surface area contributed by atoms with Gasteiger partial charge in [0.15, 0.2) is 5.16 Å². The molecule has 7 nitrogen and oxygen atoms in total. The Morgan fingerprint density at radius 1 is 1.19 bits per heavy atom. The number of hydrogen-bond donors (Lipinski definition) is 1. The van der Waals surface area contributed by atoms with Crippen LogP contribution < -0.4 is 10.9 Å². The van der Waals surface area contributed by atoms with Gasteiger partial charge >= 0.3 is 0 Å². The maximum atomic E-state index is 12.5. The fourth-order valence-electron chi connectivity index (χ4n) is 2.59. The van der Waals surface area contributed by atoms with Crippen molar-refractivity contribution in [3.8, 4) is 0 Å². The van der Waals surface area contributed by atoms with Gasteiger partial charge in [0, 0.05) is 19.8 Å². The molecule has 0 spiro atoms. The van der Waals surface area contributed by atoms with Crippen LogP contribution in [0.25, 0.3) is 10.9 Å². The summed E-state index contributed by atoms with van der Waals surface area (Å²) in [5.74, 6) is -0.908. The first-order valence-corrected chi connectivity index (χ1v) is 9.07. The van der Waals surface area contributed by atoms with Crippen LogP contribution in [0.4, 0.5) is 0 Å². The molecule has 0 saturated heterocycles. The summed E-state index contributed by atoms with van der Waals surface area (Å²) in [6.45, 7) is 2.30. The number of rotatable bonds is 5. The number of aryl methyl sites for hydroxylation is 1. The van der Waals surface area contributed by atoms with Crippen molar-refractivity contribution in [2.45, 2.75) is 18.6 Å². The Morgan fingerprint density at radius 3 is 2.65 bits per heavy atom. The molecule has 3 rings (SSSR count). The summed E-state index contributed by atoms with van der Waals surface area (Å²) in [4.78, 5) is 41.2. The van der Waals surface area contributed by atoms with E-state index in [1.165, 1.54) is 4.57 Å². The van der Waals surface area contributed by atoms with Gasteiger partial charge in [0.05, 0.1) is 16.7 Å². The molecule has 0 unspecified atom stereocenters. The number of aromatic nitrogens is 3. The maximum Gasteiger partial charge on any atom is 0.274 e. The number of fused-ring (bicyclic) bond motifs is 1. The number of amides is 2. The molecule has 0 fully saturated rings. The first kappa shape index (κ1) is 17.9. The molecule has 134 valence electrons. The molecule has 26 heavy (non-hydrogen) atoms. The summed E-state index contributed by atoms with van der Waals surface area (Å²) in [6, 6.07) is 10.5. The number of carbonyl (C=O) groups is 2. The van der Waals surface area contributed by atoms with Crippen LogP contribution in [0.3, 0.4) is 0 Å². The van der Waals surface area contributed by atoms with E-state index in [-0.39, 0.29) is 11.3 Å². The van der Waals surface area contributed by atoms with Crippen molar-refractivity contribution in [3.63, 3.8) is 0 Å². The zero-order valence-corrected chi connectivity index (χ0v) is 15.2. The van der Waals surface area contributed by atoms with Gasteiger partial charge in [-0.1, -0.05) is 23.9 Å². The smallest absolute Gasteiger partial charge is 0.274 e. The highest BCUT2D eigenvalue weighted by Crippen LogP contribution is 2.17. The average Bonchev–Trinajstić information content (AvgIpc) is 3.06. The van der Waals surface area contributed by atoms with Crippen molar-refractivity contribution in [1.82, 2.24) is 19.4 Å². The lowest BCUT2D eigenvalue weighted by atomic mass is 10.2. The second kappa shape index (κ2) is 7.57. The summed E-state index contributed by atoms with van der Waals surface area (Å²) in [5, 5.41) is 3.35. The van der Waals surface area contributed by atoms with Crippen LogP contribution in [0.2, 0.25) is 0 Å². The highest BCUT2D eigenvalue weighted by Gasteiger charge is 2.15. The highest BCUT2D eigenvalue weighted by molar-refractivity contribution is 7.99. The van der Waals surface area contributed by atoms with Gasteiger partial charge in [-0.15, -0.1) is 0 Å². The number of benzene rings is 1. The minimum absolute atomic E-state index is 0.0130. The number of nitrogens with zero attached hydrogens (tertiary/aromatic N) is 3. The molecule has 0 bridgehead atoms. The minimum Gasteiger partial charge on any atom is -0.347 e. The molecule has 2 aromatic heterocycles. The van der Waals surface area contributed by atoms with Gasteiger partial charge in [0.1, 0.15) is 5.69 Å². The van der Waals surface area contributed by atoms with Crippen LogP contribution in [0.5, 0.6) is 0 Å². The van der Waals surface area contributed by atoms with E-state index in [0.717, 1.165) is 11.8 Å². The van der Waals surface area contributed by atoms with Crippen molar-refractivity contribution in [1.29, 1.82) is 0 Å². The monoisotopic (exact) mass is 370 g/mol. The van der Waals surface area contributed by atoms with E-state index in [2.05, 4.69) is 10.3 Å². The van der Waals surface area contributed by atoms with Gasteiger partial charge in [-0.2, -0.15) is 0 Å². The van der Waals surface area contributed by atoms with Crippen LogP contribution >= 0.6 is 11.8 Å². The van der Waals surface area contributed by atoms with Gasteiger partial charge in [0.25, 0.3) is 11.5 Å². The molecule has 0 saturated carbocycles. The van der Waals surface area contributed by atoms with Gasteiger partial charge in [-0.3, -0.25) is 24.3 Å². The van der Waals surface area contributed by atoms with Crippen molar-refractivity contribution >= 4 is 34.5 Å². The quantitative estimate of drug-likeness (QED) is 0.547. The zero-order valence-electron chi connectivity index (χ0n) is 14.4. The third-order valence-corrected chi connectivity index (χ3v) is 4.88. The van der Waals surface area contributed by atoms with Crippen LogP contribution in [0.1, 0.15) is 17.4 Å². The van der Waals surface area contributed by atoms with Gasteiger partial charge in [0.2, 0.25) is 5.91 Å². The largest absolute Gasteiger partial charge is 0.347 e. The minimum atomic E-state index is -0.456. The standard InChI is InChI=1S/C18H18N4O3S/c1-3-22-17(25)12-7-4-5-8-13(12)19-18(22)26-11-15(23)20-16(24)14-9-6-10-21(14)2/h4-10H,3,11H2,1-2H3,(H,20,23,24). The van der Waals surface area contributed by atoms with Crippen molar-refractivity contribution in [3.05, 3.63) is 58.6 Å². The lowest BCUT2D eigenvalue weighted by Gasteiger charge is -2.11. The van der Waals surface area contributed by atoms with Crippen molar-refractivity contribution in [2.75, 3.05) is 5.75 Å². The SMILES string of the molecule is CCn1c(SCC(=O)NC(=O)c2cccn2C)nc2ccccc2c1=O. The van der Waals surface area contributed by atoms with Crippen molar-refractivity contribution < 1.29 is 9.59 Å². The van der Waals surface area contributed by atoms with E-state index in [4.69, 9.17) is 0 Å². The van der Waals surface area contributed by atoms with E-state index >= 15 is 0 Å². The number of carbonyl (C=O) groups excluding carboxylic acids is 2. The molecule has 0 aliphatic heterocycles. The molecule has 1 N–H and O–H groups in total. The molecule has 0 radical (unpaired) electrons. The Kier molecular flexibility index (Phi) is 5.22. The summed E-state index contributed by atoms with van der Waals surface area (Å²) < 4.78 is 3.16. The Morgan fingerprint density at radius 2 is 1.96 bits per heavy atom. The molecule has 0 aliphatic carbocycles. The maximum absolute atomic E-state index is 12.5. The average molecular weight is 370 g/mol. The van der Waals surface area contributed by atoms with E-state index in [1.54, 1.807) is 48.1 Å². The fourth-order valence-corrected chi connectivity index (χ4v) is 3.45. The number of nitrogens with one attached hydrogen (secondary N) is 1. The Bertz CT molecular complexity index is 1040. The fraction of sp³-hybridized carbons (Fsp3) is 0.222. The predicted molar refractivity (Wildman–Crippen MR) is 100 cm³/mol. The Labute approximate surface area is 154 Å². The van der Waals surface area contributed by atoms with Gasteiger partial charge < -0.3 is 4.57 Å². The zero-order chi connectivity index (χ0) is 18.7. The lowest BCUT2D eigenvalue weighted by molar-refractivity contribution is -0.117. The molecule has 1 aromatic carbocycles. The van der Waals surface area contributed by atoms with Crippen molar-refractivity contribution in [2.24, 2.45) is 7.05 Å². The topological polar surface area (TPSA) is 86.0 Å². The van der Waals surface area contributed by atoms with E-state index in [1.807, 2.05) is 13.0 Å². The van der Waals surface area contributed by atoms with Crippen LogP contribution in [-0.2, 0) is 18.4 Å². The highest BCUT2D eigenvalue weighted by atomic mass is 32.2. The second-order valence-corrected chi connectivity index (χ2v) is 6.57. The number of hydrogen-bond acceptors (Lipinski definition) is 5. The van der Waals surface area contributed by atoms with E-state index < -0.39 is 11.8 Å². The van der Waals surface area contributed by atoms with E-state index in [0.29, 0.717) is 28.3 Å². The first-order valence-electron chi connectivity index (χ1n) is 8.09. The van der Waals surface area contributed by atoms with E-state index in [9.17, 15) is 14.4 Å². The van der Waals surface area contributed by atoms with Gasteiger partial charge in [-0.25, -0.2) is 4.98 Å². The summed E-state index contributed by atoms with van der Waals surface area (Å²) in [7, 11) is 1.73. The summed E-state index contributed by atoms with van der Waals surface area (Å²) in [5.41, 5.74) is 0.850. The number of para-hydroxylation sites is 1. The Balaban J connectivity index is 1.75. The molecule has 0 aliphatic rings. The molecular formula is C18H18N4O3S. The van der Waals surface area contributed by atoms with Crippen LogP contribution in [-0.4, -0.2) is 31.7 Å². The van der Waals surface area contributed by atoms with Crippen LogP contribution in [0, 0.1) is 0 Å². The first-order chi connectivity index (χ1) is 12.5. The molecule has 2 heterocycles. The summed E-state index contributed by atoms with van der Waals surface area (Å²) in [6.07, 6.45) is 1.73. The normalized spacial score (nSPS) is 10.8. The second-order valence-electron chi connectivity index (χ2n) is 5.63. The molecule has 3 aromatic rings. The molecule has 2 amide bonds.